The molecular weight excluding hydrogens is 254 g/mol. The smallest absolute Gasteiger partial charge is 0.257 e. The van der Waals surface area contributed by atoms with Gasteiger partial charge in [0.05, 0.1) is 6.54 Å². The van der Waals surface area contributed by atoms with Crippen LogP contribution in [0.1, 0.15) is 23.2 Å². The standard InChI is InChI=1S/C15H21N3O2/c16-10-12-6-8-18(9-7-12)11-14(19)17-15(20)13-4-2-1-3-5-13/h1-5,12H,6-11,16H2,(H,17,19,20). The van der Waals surface area contributed by atoms with Crippen molar-refractivity contribution < 1.29 is 9.59 Å². The van der Waals surface area contributed by atoms with Gasteiger partial charge in [0.15, 0.2) is 0 Å². The number of benzene rings is 1. The number of carbonyl (C=O) groups is 2. The Kier molecular flexibility index (Phi) is 5.26. The maximum absolute atomic E-state index is 11.8. The topological polar surface area (TPSA) is 75.4 Å². The molecule has 0 aromatic heterocycles. The molecule has 0 saturated carbocycles. The van der Waals surface area contributed by atoms with E-state index in [1.54, 1.807) is 24.3 Å². The Bertz CT molecular complexity index is 453. The number of piperidine rings is 1. The van der Waals surface area contributed by atoms with Gasteiger partial charge in [0.25, 0.3) is 5.91 Å². The minimum atomic E-state index is -0.340. The number of nitrogens with two attached hydrogens (primary N) is 1. The molecule has 2 rings (SSSR count). The number of imide groups is 1. The van der Waals surface area contributed by atoms with E-state index in [1.165, 1.54) is 0 Å². The van der Waals surface area contributed by atoms with Crippen LogP contribution in [0.25, 0.3) is 0 Å². The minimum absolute atomic E-state index is 0.245. The number of hydrogen-bond acceptors (Lipinski definition) is 4. The van der Waals surface area contributed by atoms with Gasteiger partial charge >= 0.3 is 0 Å². The fraction of sp³-hybridized carbons (Fsp3) is 0.467. The van der Waals surface area contributed by atoms with Crippen LogP contribution in [0.3, 0.4) is 0 Å². The molecule has 2 amide bonds. The van der Waals surface area contributed by atoms with E-state index in [4.69, 9.17) is 5.73 Å². The number of nitrogens with one attached hydrogen (secondary N) is 1. The summed E-state index contributed by atoms with van der Waals surface area (Å²) in [6.45, 7) is 2.73. The first-order valence-electron chi connectivity index (χ1n) is 7.00. The molecule has 0 atom stereocenters. The molecule has 1 fully saturated rings. The van der Waals surface area contributed by atoms with Gasteiger partial charge in [-0.05, 0) is 50.5 Å². The maximum atomic E-state index is 11.8. The third-order valence-corrected chi connectivity index (χ3v) is 3.70. The van der Waals surface area contributed by atoms with Crippen LogP contribution in [0, 0.1) is 5.92 Å². The molecule has 1 aliphatic rings. The number of amides is 2. The van der Waals surface area contributed by atoms with E-state index in [9.17, 15) is 9.59 Å². The molecule has 0 radical (unpaired) electrons. The van der Waals surface area contributed by atoms with E-state index in [2.05, 4.69) is 10.2 Å². The Morgan fingerprint density at radius 2 is 1.85 bits per heavy atom. The second kappa shape index (κ2) is 7.17. The molecule has 0 unspecified atom stereocenters. The predicted molar refractivity (Wildman–Crippen MR) is 77.1 cm³/mol. The van der Waals surface area contributed by atoms with Crippen molar-refractivity contribution >= 4 is 11.8 Å². The zero-order valence-corrected chi connectivity index (χ0v) is 11.5. The summed E-state index contributed by atoms with van der Waals surface area (Å²) in [6, 6.07) is 8.76. The van der Waals surface area contributed by atoms with Crippen molar-refractivity contribution in [2.75, 3.05) is 26.2 Å². The van der Waals surface area contributed by atoms with Gasteiger partial charge < -0.3 is 5.73 Å². The molecule has 1 aromatic rings. The Hall–Kier alpha value is -1.72. The van der Waals surface area contributed by atoms with Gasteiger partial charge in [0, 0.05) is 5.56 Å². The molecule has 0 bridgehead atoms. The zero-order valence-electron chi connectivity index (χ0n) is 11.5. The monoisotopic (exact) mass is 275 g/mol. The Morgan fingerprint density at radius 3 is 2.45 bits per heavy atom. The van der Waals surface area contributed by atoms with Crippen molar-refractivity contribution in [2.24, 2.45) is 11.7 Å². The van der Waals surface area contributed by atoms with Gasteiger partial charge in [-0.2, -0.15) is 0 Å². The number of hydrogen-bond donors (Lipinski definition) is 2. The molecule has 1 saturated heterocycles. The molecular formula is C15H21N3O2. The van der Waals surface area contributed by atoms with E-state index < -0.39 is 0 Å². The van der Waals surface area contributed by atoms with Crippen molar-refractivity contribution in [1.29, 1.82) is 0 Å². The second-order valence-electron chi connectivity index (χ2n) is 5.20. The second-order valence-corrected chi connectivity index (χ2v) is 5.20. The minimum Gasteiger partial charge on any atom is -0.330 e. The lowest BCUT2D eigenvalue weighted by Crippen LogP contribution is -2.44. The van der Waals surface area contributed by atoms with E-state index >= 15 is 0 Å². The lowest BCUT2D eigenvalue weighted by Gasteiger charge is -2.30. The molecule has 0 spiro atoms. The number of rotatable bonds is 4. The van der Waals surface area contributed by atoms with Crippen LogP contribution < -0.4 is 11.1 Å². The van der Waals surface area contributed by atoms with Crippen molar-refractivity contribution in [3.63, 3.8) is 0 Å². The van der Waals surface area contributed by atoms with Crippen LogP contribution in [0.4, 0.5) is 0 Å². The van der Waals surface area contributed by atoms with Gasteiger partial charge in [-0.15, -0.1) is 0 Å². The summed E-state index contributed by atoms with van der Waals surface area (Å²) in [4.78, 5) is 25.7. The summed E-state index contributed by atoms with van der Waals surface area (Å²) in [6.07, 6.45) is 2.05. The fourth-order valence-electron chi connectivity index (χ4n) is 2.41. The van der Waals surface area contributed by atoms with Crippen molar-refractivity contribution in [3.8, 4) is 0 Å². The van der Waals surface area contributed by atoms with Crippen molar-refractivity contribution in [2.45, 2.75) is 12.8 Å². The highest BCUT2D eigenvalue weighted by molar-refractivity contribution is 6.05. The third-order valence-electron chi connectivity index (χ3n) is 3.70. The highest BCUT2D eigenvalue weighted by atomic mass is 16.2. The first-order valence-corrected chi connectivity index (χ1v) is 7.00. The summed E-state index contributed by atoms with van der Waals surface area (Å²) in [5.74, 6) is -0.0160. The van der Waals surface area contributed by atoms with Gasteiger partial charge in [-0.1, -0.05) is 18.2 Å². The fourth-order valence-corrected chi connectivity index (χ4v) is 2.41. The predicted octanol–water partition coefficient (Wildman–Crippen LogP) is 0.614. The maximum Gasteiger partial charge on any atom is 0.257 e. The normalized spacial score (nSPS) is 16.9. The highest BCUT2D eigenvalue weighted by Crippen LogP contribution is 2.15. The van der Waals surface area contributed by atoms with E-state index in [1.807, 2.05) is 6.07 Å². The Balaban J connectivity index is 1.77. The molecule has 3 N–H and O–H groups in total. The average Bonchev–Trinajstić information content (AvgIpc) is 2.49. The van der Waals surface area contributed by atoms with Gasteiger partial charge in [0.1, 0.15) is 0 Å². The van der Waals surface area contributed by atoms with Crippen LogP contribution in [0.15, 0.2) is 30.3 Å². The number of carbonyl (C=O) groups excluding carboxylic acids is 2. The van der Waals surface area contributed by atoms with Gasteiger partial charge in [0.2, 0.25) is 5.91 Å². The highest BCUT2D eigenvalue weighted by Gasteiger charge is 2.20. The van der Waals surface area contributed by atoms with Crippen LogP contribution in [-0.4, -0.2) is 42.9 Å². The third kappa shape index (κ3) is 4.15. The van der Waals surface area contributed by atoms with E-state index in [0.29, 0.717) is 18.0 Å². The van der Waals surface area contributed by atoms with Crippen LogP contribution >= 0.6 is 0 Å². The van der Waals surface area contributed by atoms with Crippen molar-refractivity contribution in [3.05, 3.63) is 35.9 Å². The number of likely N-dealkylation sites (tertiary alicyclic amines) is 1. The molecule has 1 aromatic carbocycles. The lowest BCUT2D eigenvalue weighted by molar-refractivity contribution is -0.121. The molecule has 20 heavy (non-hydrogen) atoms. The first kappa shape index (κ1) is 14.7. The van der Waals surface area contributed by atoms with Crippen LogP contribution in [0.5, 0.6) is 0 Å². The van der Waals surface area contributed by atoms with Crippen LogP contribution in [-0.2, 0) is 4.79 Å². The average molecular weight is 275 g/mol. The SMILES string of the molecule is NCC1CCN(CC(=O)NC(=O)c2ccccc2)CC1. The zero-order chi connectivity index (χ0) is 14.4. The summed E-state index contributed by atoms with van der Waals surface area (Å²) in [7, 11) is 0. The first-order chi connectivity index (χ1) is 9.69. The molecule has 108 valence electrons. The summed E-state index contributed by atoms with van der Waals surface area (Å²) in [5, 5.41) is 2.42. The molecule has 1 heterocycles. The summed E-state index contributed by atoms with van der Waals surface area (Å²) >= 11 is 0. The van der Waals surface area contributed by atoms with Gasteiger partial charge in [-0.25, -0.2) is 0 Å². The quantitative estimate of drug-likeness (QED) is 0.844. The van der Waals surface area contributed by atoms with E-state index in [-0.39, 0.29) is 18.4 Å². The molecule has 1 aliphatic heterocycles. The van der Waals surface area contributed by atoms with E-state index in [0.717, 1.165) is 25.9 Å². The Morgan fingerprint density at radius 1 is 1.20 bits per heavy atom. The van der Waals surface area contributed by atoms with Crippen molar-refractivity contribution in [1.82, 2.24) is 10.2 Å². The Labute approximate surface area is 119 Å². The van der Waals surface area contributed by atoms with Gasteiger partial charge in [-0.3, -0.25) is 19.8 Å². The molecule has 5 heteroatoms. The molecule has 5 nitrogen and oxygen atoms in total. The molecule has 0 aliphatic carbocycles. The summed E-state index contributed by atoms with van der Waals surface area (Å²) in [5.41, 5.74) is 6.14. The largest absolute Gasteiger partial charge is 0.330 e. The number of nitrogens with zero attached hydrogens (tertiary/aromatic N) is 1. The summed E-state index contributed by atoms with van der Waals surface area (Å²) < 4.78 is 0. The lowest BCUT2D eigenvalue weighted by atomic mass is 9.97. The van der Waals surface area contributed by atoms with Crippen LogP contribution in [0.2, 0.25) is 0 Å².